The summed E-state index contributed by atoms with van der Waals surface area (Å²) in [7, 11) is 0. The molecule has 1 aliphatic heterocycles. The predicted octanol–water partition coefficient (Wildman–Crippen LogP) is 7.96. The van der Waals surface area contributed by atoms with Gasteiger partial charge in [-0.3, -0.25) is 0 Å². The molecule has 1 saturated heterocycles. The van der Waals surface area contributed by atoms with Crippen LogP contribution in [-0.4, -0.2) is 19.3 Å². The standard InChI is InChI=1S/C24H46O2/c1-3-5-6-7-8-9-10-11-12-13-14-15-16-17-18-19-21-25-22-24-23(26-24)20-4-2/h20,24H,3-19,21-22H2,1-2H3. The number of rotatable bonds is 20. The Morgan fingerprint density at radius 1 is 0.692 bits per heavy atom. The zero-order valence-corrected chi connectivity index (χ0v) is 17.9. The van der Waals surface area contributed by atoms with Crippen molar-refractivity contribution in [2.24, 2.45) is 0 Å². The van der Waals surface area contributed by atoms with Crippen LogP contribution >= 0.6 is 0 Å². The Bertz CT molecular complexity index is 324. The second kappa shape index (κ2) is 17.9. The average Bonchev–Trinajstić information content (AvgIpc) is 3.39. The van der Waals surface area contributed by atoms with Crippen LogP contribution in [0.2, 0.25) is 0 Å². The first kappa shape index (κ1) is 23.5. The molecule has 154 valence electrons. The Morgan fingerprint density at radius 2 is 1.15 bits per heavy atom. The van der Waals surface area contributed by atoms with Crippen LogP contribution in [0.1, 0.15) is 123 Å². The van der Waals surface area contributed by atoms with Crippen molar-refractivity contribution in [2.75, 3.05) is 13.2 Å². The van der Waals surface area contributed by atoms with Gasteiger partial charge in [0.1, 0.15) is 5.76 Å². The summed E-state index contributed by atoms with van der Waals surface area (Å²) in [5.41, 5.74) is 0. The Labute approximate surface area is 164 Å². The molecule has 26 heavy (non-hydrogen) atoms. The third-order valence-corrected chi connectivity index (χ3v) is 5.36. The molecule has 1 fully saturated rings. The van der Waals surface area contributed by atoms with Crippen LogP contribution in [0.4, 0.5) is 0 Å². The molecule has 0 aromatic carbocycles. The van der Waals surface area contributed by atoms with Gasteiger partial charge in [-0.15, -0.1) is 0 Å². The van der Waals surface area contributed by atoms with Crippen molar-refractivity contribution in [3.8, 4) is 0 Å². The summed E-state index contributed by atoms with van der Waals surface area (Å²) in [4.78, 5) is 0. The van der Waals surface area contributed by atoms with E-state index in [0.717, 1.165) is 25.4 Å². The van der Waals surface area contributed by atoms with E-state index in [1.54, 1.807) is 0 Å². The van der Waals surface area contributed by atoms with Crippen molar-refractivity contribution >= 4 is 0 Å². The maximum atomic E-state index is 5.69. The largest absolute Gasteiger partial charge is 0.481 e. The Hall–Kier alpha value is -0.500. The van der Waals surface area contributed by atoms with Crippen LogP contribution in [0.15, 0.2) is 11.8 Å². The van der Waals surface area contributed by atoms with Crippen molar-refractivity contribution in [3.05, 3.63) is 11.8 Å². The fourth-order valence-electron chi connectivity index (χ4n) is 3.57. The molecule has 0 N–H and O–H groups in total. The first-order valence-corrected chi connectivity index (χ1v) is 11.8. The van der Waals surface area contributed by atoms with Crippen molar-refractivity contribution in [3.63, 3.8) is 0 Å². The van der Waals surface area contributed by atoms with Gasteiger partial charge in [0.2, 0.25) is 0 Å². The zero-order chi connectivity index (χ0) is 18.7. The highest BCUT2D eigenvalue weighted by Crippen LogP contribution is 2.27. The lowest BCUT2D eigenvalue weighted by Crippen LogP contribution is -2.02. The molecular formula is C24H46O2. The van der Waals surface area contributed by atoms with Gasteiger partial charge in [-0.05, 0) is 18.9 Å². The molecule has 1 rings (SSSR count). The van der Waals surface area contributed by atoms with Crippen molar-refractivity contribution in [2.45, 2.75) is 129 Å². The van der Waals surface area contributed by atoms with Crippen molar-refractivity contribution in [1.29, 1.82) is 0 Å². The summed E-state index contributed by atoms with van der Waals surface area (Å²) in [5.74, 6) is 1.14. The van der Waals surface area contributed by atoms with E-state index in [9.17, 15) is 0 Å². The maximum absolute atomic E-state index is 5.69. The molecule has 0 radical (unpaired) electrons. The highest BCUT2D eigenvalue weighted by atomic mass is 16.6. The van der Waals surface area contributed by atoms with Crippen LogP contribution in [-0.2, 0) is 9.47 Å². The van der Waals surface area contributed by atoms with Crippen molar-refractivity contribution in [1.82, 2.24) is 0 Å². The van der Waals surface area contributed by atoms with E-state index in [1.807, 2.05) is 0 Å². The number of hydrogen-bond donors (Lipinski definition) is 0. The van der Waals surface area contributed by atoms with E-state index >= 15 is 0 Å². The number of unbranched alkanes of at least 4 members (excludes halogenated alkanes) is 15. The van der Waals surface area contributed by atoms with E-state index in [0.29, 0.717) is 0 Å². The minimum atomic E-state index is 0.274. The summed E-state index contributed by atoms with van der Waals surface area (Å²) in [5, 5.41) is 0. The normalized spacial score (nSPS) is 17.6. The Kier molecular flexibility index (Phi) is 16.2. The quantitative estimate of drug-likeness (QED) is 0.161. The monoisotopic (exact) mass is 366 g/mol. The third kappa shape index (κ3) is 14.6. The third-order valence-electron chi connectivity index (χ3n) is 5.36. The smallest absolute Gasteiger partial charge is 0.178 e. The second-order valence-corrected chi connectivity index (χ2v) is 8.00. The van der Waals surface area contributed by atoms with Crippen LogP contribution in [0.25, 0.3) is 0 Å². The highest BCUT2D eigenvalue weighted by molar-refractivity contribution is 5.13. The predicted molar refractivity (Wildman–Crippen MR) is 114 cm³/mol. The van der Waals surface area contributed by atoms with E-state index < -0.39 is 0 Å². The van der Waals surface area contributed by atoms with E-state index in [4.69, 9.17) is 9.47 Å². The fraction of sp³-hybridized carbons (Fsp3) is 0.917. The van der Waals surface area contributed by atoms with Gasteiger partial charge >= 0.3 is 0 Å². The summed E-state index contributed by atoms with van der Waals surface area (Å²) in [6.07, 6.45) is 26.2. The van der Waals surface area contributed by atoms with E-state index in [1.165, 1.54) is 103 Å². The summed E-state index contributed by atoms with van der Waals surface area (Å²) >= 11 is 0. The Balaban J connectivity index is 1.65. The number of hydrogen-bond acceptors (Lipinski definition) is 2. The van der Waals surface area contributed by atoms with Gasteiger partial charge in [0.05, 0.1) is 6.61 Å². The topological polar surface area (TPSA) is 21.8 Å². The van der Waals surface area contributed by atoms with Gasteiger partial charge in [0.15, 0.2) is 6.10 Å². The highest BCUT2D eigenvalue weighted by Gasteiger charge is 2.31. The first-order chi connectivity index (χ1) is 12.9. The fourth-order valence-corrected chi connectivity index (χ4v) is 3.57. The minimum Gasteiger partial charge on any atom is -0.481 e. The molecule has 0 amide bonds. The molecule has 0 aromatic heterocycles. The van der Waals surface area contributed by atoms with Crippen LogP contribution in [0, 0.1) is 0 Å². The van der Waals surface area contributed by atoms with Crippen LogP contribution < -0.4 is 0 Å². The lowest BCUT2D eigenvalue weighted by Gasteiger charge is -2.04. The molecule has 0 aromatic rings. The molecule has 2 heteroatoms. The minimum absolute atomic E-state index is 0.274. The van der Waals surface area contributed by atoms with Gasteiger partial charge in [-0.25, -0.2) is 0 Å². The van der Waals surface area contributed by atoms with Gasteiger partial charge in [-0.2, -0.15) is 0 Å². The second-order valence-electron chi connectivity index (χ2n) is 8.00. The van der Waals surface area contributed by atoms with Gasteiger partial charge in [-0.1, -0.05) is 110 Å². The molecule has 0 spiro atoms. The SMILES string of the molecule is CCC=C1OC1COCCCCCCCCCCCCCCCCCC. The Morgan fingerprint density at radius 3 is 1.62 bits per heavy atom. The van der Waals surface area contributed by atoms with Gasteiger partial charge in [0.25, 0.3) is 0 Å². The number of allylic oxidation sites excluding steroid dienone is 1. The molecule has 0 bridgehead atoms. The molecule has 2 nitrogen and oxygen atoms in total. The lowest BCUT2D eigenvalue weighted by atomic mass is 10.0. The van der Waals surface area contributed by atoms with E-state index in [-0.39, 0.29) is 6.10 Å². The molecule has 1 aliphatic rings. The lowest BCUT2D eigenvalue weighted by molar-refractivity contribution is 0.113. The first-order valence-electron chi connectivity index (χ1n) is 11.8. The number of epoxide rings is 1. The van der Waals surface area contributed by atoms with Gasteiger partial charge in [0, 0.05) is 6.61 Å². The molecule has 1 unspecified atom stereocenters. The van der Waals surface area contributed by atoms with E-state index in [2.05, 4.69) is 19.9 Å². The zero-order valence-electron chi connectivity index (χ0n) is 17.9. The van der Waals surface area contributed by atoms with Gasteiger partial charge < -0.3 is 9.47 Å². The van der Waals surface area contributed by atoms with Crippen LogP contribution in [0.5, 0.6) is 0 Å². The summed E-state index contributed by atoms with van der Waals surface area (Å²) in [6.45, 7) is 6.09. The summed E-state index contributed by atoms with van der Waals surface area (Å²) in [6, 6.07) is 0. The number of ether oxygens (including phenoxy) is 2. The molecule has 1 heterocycles. The molecule has 1 atom stereocenters. The van der Waals surface area contributed by atoms with Crippen LogP contribution in [0.3, 0.4) is 0 Å². The average molecular weight is 367 g/mol. The maximum Gasteiger partial charge on any atom is 0.178 e. The summed E-state index contributed by atoms with van der Waals surface area (Å²) < 4.78 is 11.1. The molecule has 0 saturated carbocycles. The van der Waals surface area contributed by atoms with Crippen molar-refractivity contribution < 1.29 is 9.47 Å². The molecular weight excluding hydrogens is 320 g/mol. The molecule has 0 aliphatic carbocycles.